The summed E-state index contributed by atoms with van der Waals surface area (Å²) in [6.45, 7) is 5.42. The molecular weight excluding hydrogens is 407 g/mol. The van der Waals surface area contributed by atoms with Crippen LogP contribution in [0.25, 0.3) is 11.0 Å². The van der Waals surface area contributed by atoms with Crippen molar-refractivity contribution in [3.63, 3.8) is 0 Å². The second-order valence-corrected chi connectivity index (χ2v) is 8.06. The van der Waals surface area contributed by atoms with E-state index in [0.717, 1.165) is 61.0 Å². The molecule has 1 amide bonds. The van der Waals surface area contributed by atoms with Crippen molar-refractivity contribution in [1.29, 1.82) is 0 Å². The third-order valence-corrected chi connectivity index (χ3v) is 5.78. The van der Waals surface area contributed by atoms with Gasteiger partial charge in [0.2, 0.25) is 5.91 Å². The van der Waals surface area contributed by atoms with Gasteiger partial charge in [-0.25, -0.2) is 0 Å². The summed E-state index contributed by atoms with van der Waals surface area (Å²) in [6, 6.07) is 7.29. The summed E-state index contributed by atoms with van der Waals surface area (Å²) < 4.78 is 45.2. The summed E-state index contributed by atoms with van der Waals surface area (Å²) in [5.74, 6) is -0.439. The van der Waals surface area contributed by atoms with Crippen LogP contribution in [-0.4, -0.2) is 24.2 Å². The Morgan fingerprint density at radius 3 is 2.52 bits per heavy atom. The van der Waals surface area contributed by atoms with E-state index in [1.165, 1.54) is 6.07 Å². The number of halogens is 3. The second-order valence-electron chi connectivity index (χ2n) is 8.06. The highest BCUT2D eigenvalue weighted by molar-refractivity contribution is 5.97. The van der Waals surface area contributed by atoms with E-state index < -0.39 is 17.6 Å². The highest BCUT2D eigenvalue weighted by Gasteiger charge is 2.32. The van der Waals surface area contributed by atoms with Crippen molar-refractivity contribution in [2.24, 2.45) is 0 Å². The van der Waals surface area contributed by atoms with Gasteiger partial charge in [0.05, 0.1) is 23.4 Å². The van der Waals surface area contributed by atoms with E-state index in [-0.39, 0.29) is 12.1 Å². The molecular formula is C23H24F3N3O2. The molecule has 3 aromatic rings. The number of amides is 1. The topological polar surface area (TPSA) is 58.4 Å². The van der Waals surface area contributed by atoms with Crippen molar-refractivity contribution in [2.75, 3.05) is 23.3 Å². The lowest BCUT2D eigenvalue weighted by Crippen LogP contribution is -2.30. The average molecular weight is 431 g/mol. The molecule has 8 heteroatoms. The fourth-order valence-corrected chi connectivity index (χ4v) is 3.94. The van der Waals surface area contributed by atoms with Gasteiger partial charge in [0.15, 0.2) is 5.58 Å². The van der Waals surface area contributed by atoms with Crippen LogP contribution < -0.4 is 10.2 Å². The molecule has 0 aliphatic carbocycles. The molecule has 31 heavy (non-hydrogen) atoms. The van der Waals surface area contributed by atoms with Crippen LogP contribution in [0.4, 0.5) is 24.5 Å². The van der Waals surface area contributed by atoms with Crippen molar-refractivity contribution in [3.8, 4) is 0 Å². The first-order valence-corrected chi connectivity index (χ1v) is 10.3. The van der Waals surface area contributed by atoms with E-state index in [0.29, 0.717) is 17.0 Å². The largest absolute Gasteiger partial charge is 0.416 e. The fourth-order valence-electron chi connectivity index (χ4n) is 3.94. The smallest absolute Gasteiger partial charge is 0.370 e. The van der Waals surface area contributed by atoms with Gasteiger partial charge >= 0.3 is 6.18 Å². The maximum atomic E-state index is 13.3. The molecule has 0 bridgehead atoms. The molecule has 0 unspecified atom stereocenters. The van der Waals surface area contributed by atoms with Crippen molar-refractivity contribution in [1.82, 2.24) is 5.16 Å². The standard InChI is InChI=1S/C23H24F3N3O2/c1-14-10-17-18(28-31-21(17)11-15(14)2)13-22(30)27-19-12-16(23(24,25)26)6-7-20(19)29-8-4-3-5-9-29/h6-7,10-12H,3-5,8-9,13H2,1-2H3,(H,27,30). The Kier molecular flexibility index (Phi) is 5.64. The maximum Gasteiger partial charge on any atom is 0.416 e. The zero-order chi connectivity index (χ0) is 22.2. The number of nitrogens with zero attached hydrogens (tertiary/aromatic N) is 2. The number of alkyl halides is 3. The van der Waals surface area contributed by atoms with Gasteiger partial charge in [0.25, 0.3) is 0 Å². The number of rotatable bonds is 4. The lowest BCUT2D eigenvalue weighted by molar-refractivity contribution is -0.137. The number of carbonyl (C=O) groups excluding carboxylic acids is 1. The van der Waals surface area contributed by atoms with E-state index in [1.54, 1.807) is 0 Å². The predicted molar refractivity (Wildman–Crippen MR) is 113 cm³/mol. The number of hydrogen-bond donors (Lipinski definition) is 1. The number of aromatic nitrogens is 1. The molecule has 4 rings (SSSR count). The molecule has 1 fully saturated rings. The first-order chi connectivity index (χ1) is 14.7. The van der Waals surface area contributed by atoms with Gasteiger partial charge in [-0.1, -0.05) is 5.16 Å². The van der Waals surface area contributed by atoms with Crippen LogP contribution in [0.2, 0.25) is 0 Å². The summed E-state index contributed by atoms with van der Waals surface area (Å²) >= 11 is 0. The van der Waals surface area contributed by atoms with Gasteiger partial charge < -0.3 is 14.7 Å². The Labute approximate surface area is 178 Å². The fraction of sp³-hybridized carbons (Fsp3) is 0.391. The molecule has 5 nitrogen and oxygen atoms in total. The number of nitrogens with one attached hydrogen (secondary N) is 1. The van der Waals surface area contributed by atoms with Crippen LogP contribution in [-0.2, 0) is 17.4 Å². The number of carbonyl (C=O) groups is 1. The number of anilines is 2. The third kappa shape index (κ3) is 4.52. The van der Waals surface area contributed by atoms with Crippen LogP contribution in [0.3, 0.4) is 0 Å². The van der Waals surface area contributed by atoms with Crippen LogP contribution >= 0.6 is 0 Å². The quantitative estimate of drug-likeness (QED) is 0.581. The molecule has 2 heterocycles. The molecule has 1 aliphatic heterocycles. The Balaban J connectivity index is 1.61. The lowest BCUT2D eigenvalue weighted by Gasteiger charge is -2.31. The molecule has 1 aromatic heterocycles. The molecule has 0 atom stereocenters. The Morgan fingerprint density at radius 1 is 1.10 bits per heavy atom. The minimum atomic E-state index is -4.49. The molecule has 1 N–H and O–H groups in total. The van der Waals surface area contributed by atoms with Gasteiger partial charge in [-0.15, -0.1) is 0 Å². The normalized spacial score (nSPS) is 14.8. The zero-order valence-corrected chi connectivity index (χ0v) is 17.5. The van der Waals surface area contributed by atoms with Gasteiger partial charge in [0, 0.05) is 18.5 Å². The van der Waals surface area contributed by atoms with Crippen LogP contribution in [0.1, 0.15) is 41.6 Å². The first-order valence-electron chi connectivity index (χ1n) is 10.3. The van der Waals surface area contributed by atoms with Crippen molar-refractivity contribution in [2.45, 2.75) is 45.7 Å². The summed E-state index contributed by atoms with van der Waals surface area (Å²) in [7, 11) is 0. The molecule has 0 radical (unpaired) electrons. The van der Waals surface area contributed by atoms with Crippen LogP contribution in [0, 0.1) is 13.8 Å². The minimum absolute atomic E-state index is 0.0921. The number of aryl methyl sites for hydroxylation is 2. The van der Waals surface area contributed by atoms with Crippen molar-refractivity contribution in [3.05, 3.63) is 52.7 Å². The molecule has 2 aromatic carbocycles. The third-order valence-electron chi connectivity index (χ3n) is 5.78. The average Bonchev–Trinajstić information content (AvgIpc) is 3.09. The highest BCUT2D eigenvalue weighted by Crippen LogP contribution is 2.36. The molecule has 0 saturated carbocycles. The first kappa shape index (κ1) is 21.2. The van der Waals surface area contributed by atoms with Crippen molar-refractivity contribution >= 4 is 28.3 Å². The second kappa shape index (κ2) is 8.24. The van der Waals surface area contributed by atoms with Crippen molar-refractivity contribution < 1.29 is 22.5 Å². The molecule has 164 valence electrons. The molecule has 1 aliphatic rings. The Morgan fingerprint density at radius 2 is 1.81 bits per heavy atom. The number of fused-ring (bicyclic) bond motifs is 1. The van der Waals surface area contributed by atoms with E-state index in [1.807, 2.05) is 30.9 Å². The number of benzene rings is 2. The van der Waals surface area contributed by atoms with E-state index in [4.69, 9.17) is 4.52 Å². The van der Waals surface area contributed by atoms with E-state index in [9.17, 15) is 18.0 Å². The Hall–Kier alpha value is -3.03. The zero-order valence-electron chi connectivity index (χ0n) is 17.5. The Bertz CT molecular complexity index is 1120. The van der Waals surface area contributed by atoms with Gasteiger partial charge in [-0.05, 0) is 74.6 Å². The van der Waals surface area contributed by atoms with Gasteiger partial charge in [-0.3, -0.25) is 4.79 Å². The van der Waals surface area contributed by atoms with Crippen LogP contribution in [0.5, 0.6) is 0 Å². The molecule has 1 saturated heterocycles. The number of piperidine rings is 1. The number of hydrogen-bond acceptors (Lipinski definition) is 4. The lowest BCUT2D eigenvalue weighted by atomic mass is 10.1. The summed E-state index contributed by atoms with van der Waals surface area (Å²) in [4.78, 5) is 14.8. The highest BCUT2D eigenvalue weighted by atomic mass is 19.4. The SMILES string of the molecule is Cc1cc2onc(CC(=O)Nc3cc(C(F)(F)F)ccc3N3CCCCC3)c2cc1C. The summed E-state index contributed by atoms with van der Waals surface area (Å²) in [5.41, 5.74) is 3.12. The summed E-state index contributed by atoms with van der Waals surface area (Å²) in [5, 5.41) is 7.42. The predicted octanol–water partition coefficient (Wildman–Crippen LogP) is 5.63. The monoisotopic (exact) mass is 431 g/mol. The van der Waals surface area contributed by atoms with E-state index in [2.05, 4.69) is 10.5 Å². The van der Waals surface area contributed by atoms with E-state index >= 15 is 0 Å². The van der Waals surface area contributed by atoms with Gasteiger partial charge in [-0.2, -0.15) is 13.2 Å². The molecule has 0 spiro atoms. The maximum absolute atomic E-state index is 13.3. The summed E-state index contributed by atoms with van der Waals surface area (Å²) in [6.07, 6.45) is -1.55. The van der Waals surface area contributed by atoms with Gasteiger partial charge in [0.1, 0.15) is 5.69 Å². The van der Waals surface area contributed by atoms with Crippen LogP contribution in [0.15, 0.2) is 34.9 Å². The minimum Gasteiger partial charge on any atom is -0.370 e.